The van der Waals surface area contributed by atoms with Gasteiger partial charge in [0.05, 0.1) is 22.1 Å². The van der Waals surface area contributed by atoms with Crippen LogP contribution in [-0.2, 0) is 0 Å². The van der Waals surface area contributed by atoms with Crippen LogP contribution < -0.4 is 10.6 Å². The van der Waals surface area contributed by atoms with Gasteiger partial charge in [-0.25, -0.2) is 14.4 Å². The third-order valence-electron chi connectivity index (χ3n) is 5.17. The third kappa shape index (κ3) is 2.76. The van der Waals surface area contributed by atoms with E-state index in [9.17, 15) is 9.18 Å². The number of amides is 1. The van der Waals surface area contributed by atoms with Gasteiger partial charge in [-0.15, -0.1) is 0 Å². The summed E-state index contributed by atoms with van der Waals surface area (Å²) in [6.07, 6.45) is 5.63. The minimum atomic E-state index is -0.263. The van der Waals surface area contributed by atoms with Gasteiger partial charge < -0.3 is 10.6 Å². The summed E-state index contributed by atoms with van der Waals surface area (Å²) in [6.45, 7) is 0.980. The van der Waals surface area contributed by atoms with Gasteiger partial charge in [0.25, 0.3) is 5.91 Å². The van der Waals surface area contributed by atoms with Crippen LogP contribution >= 0.6 is 11.3 Å². The van der Waals surface area contributed by atoms with Crippen LogP contribution in [0, 0.1) is 5.82 Å². The molecule has 6 nitrogen and oxygen atoms in total. The van der Waals surface area contributed by atoms with Crippen LogP contribution in [0.25, 0.3) is 26.4 Å². The Balaban J connectivity index is 1.53. The first-order valence-corrected chi connectivity index (χ1v) is 9.98. The zero-order valence-electron chi connectivity index (χ0n) is 15.2. The number of nitrogens with zero attached hydrogens (tertiary/aromatic N) is 3. The lowest BCUT2D eigenvalue weighted by Crippen LogP contribution is -2.18. The summed E-state index contributed by atoms with van der Waals surface area (Å²) in [5.74, 6) is -0.492. The Bertz CT molecular complexity index is 1210. The molecule has 1 unspecified atom stereocenters. The van der Waals surface area contributed by atoms with Crippen LogP contribution in [0.5, 0.6) is 0 Å². The predicted octanol–water partition coefficient (Wildman–Crippen LogP) is 3.53. The summed E-state index contributed by atoms with van der Waals surface area (Å²) < 4.78 is 17.6. The normalized spacial score (nSPS) is 16.9. The van der Waals surface area contributed by atoms with E-state index in [-0.39, 0.29) is 17.8 Å². The highest BCUT2D eigenvalue weighted by molar-refractivity contribution is 7.23. The van der Waals surface area contributed by atoms with E-state index in [4.69, 9.17) is 0 Å². The molecule has 3 aromatic heterocycles. The molecule has 2 N–H and O–H groups in total. The van der Waals surface area contributed by atoms with Gasteiger partial charge in [0.2, 0.25) is 0 Å². The highest BCUT2D eigenvalue weighted by Crippen LogP contribution is 2.32. The average Bonchev–Trinajstić information content (AvgIpc) is 3.42. The van der Waals surface area contributed by atoms with Crippen LogP contribution in [0.1, 0.15) is 34.9 Å². The average molecular weight is 395 g/mol. The van der Waals surface area contributed by atoms with Crippen molar-refractivity contribution in [3.05, 3.63) is 53.7 Å². The smallest absolute Gasteiger partial charge is 0.269 e. The van der Waals surface area contributed by atoms with E-state index >= 15 is 0 Å². The summed E-state index contributed by atoms with van der Waals surface area (Å²) in [5.41, 5.74) is 3.27. The van der Waals surface area contributed by atoms with Gasteiger partial charge in [-0.2, -0.15) is 0 Å². The highest BCUT2D eigenvalue weighted by Gasteiger charge is 2.19. The van der Waals surface area contributed by atoms with Gasteiger partial charge in [-0.3, -0.25) is 9.20 Å². The molecule has 142 valence electrons. The Morgan fingerprint density at radius 2 is 2.29 bits per heavy atom. The van der Waals surface area contributed by atoms with E-state index in [1.165, 1.54) is 11.3 Å². The molecular weight excluding hydrogens is 377 g/mol. The zero-order valence-corrected chi connectivity index (χ0v) is 16.0. The second-order valence-corrected chi connectivity index (χ2v) is 7.89. The Labute approximate surface area is 164 Å². The molecule has 1 atom stereocenters. The van der Waals surface area contributed by atoms with Crippen molar-refractivity contribution < 1.29 is 9.18 Å². The molecule has 0 saturated carbocycles. The summed E-state index contributed by atoms with van der Waals surface area (Å²) in [6, 6.07) is 7.38. The number of hydrogen-bond acceptors (Lipinski definition) is 5. The summed E-state index contributed by atoms with van der Waals surface area (Å²) >= 11 is 1.45. The molecule has 0 radical (unpaired) electrons. The maximum Gasteiger partial charge on any atom is 0.269 e. The fraction of sp³-hybridized carbons (Fsp3) is 0.250. The minimum absolute atomic E-state index is 0.229. The number of fused-ring (bicyclic) bond motifs is 3. The lowest BCUT2D eigenvalue weighted by molar-refractivity contribution is 0.0958. The molecule has 1 amide bonds. The molecule has 1 aromatic carbocycles. The maximum absolute atomic E-state index is 14.8. The van der Waals surface area contributed by atoms with Crippen molar-refractivity contribution >= 4 is 32.4 Å². The third-order valence-corrected chi connectivity index (χ3v) is 6.19. The quantitative estimate of drug-likeness (QED) is 0.557. The summed E-state index contributed by atoms with van der Waals surface area (Å²) in [7, 11) is 1.57. The Morgan fingerprint density at radius 3 is 3.04 bits per heavy atom. The van der Waals surface area contributed by atoms with Crippen LogP contribution in [0.4, 0.5) is 4.39 Å². The van der Waals surface area contributed by atoms with Crippen molar-refractivity contribution in [2.75, 3.05) is 13.6 Å². The van der Waals surface area contributed by atoms with Crippen molar-refractivity contribution in [2.45, 2.75) is 18.9 Å². The maximum atomic E-state index is 14.8. The van der Waals surface area contributed by atoms with Crippen LogP contribution in [-0.4, -0.2) is 33.9 Å². The highest BCUT2D eigenvalue weighted by atomic mass is 32.1. The van der Waals surface area contributed by atoms with Gasteiger partial charge in [0, 0.05) is 24.8 Å². The van der Waals surface area contributed by atoms with E-state index in [0.29, 0.717) is 17.0 Å². The Hall–Kier alpha value is -2.84. The van der Waals surface area contributed by atoms with Crippen molar-refractivity contribution in [3.63, 3.8) is 0 Å². The van der Waals surface area contributed by atoms with Gasteiger partial charge in [0.1, 0.15) is 11.5 Å². The molecule has 4 heterocycles. The number of nitrogens with one attached hydrogen (secondary N) is 2. The van der Waals surface area contributed by atoms with E-state index in [1.54, 1.807) is 31.4 Å². The lowest BCUT2D eigenvalue weighted by atomic mass is 10.0. The first kappa shape index (κ1) is 17.3. The molecule has 0 bridgehead atoms. The number of aromatic nitrogens is 3. The summed E-state index contributed by atoms with van der Waals surface area (Å²) in [4.78, 5) is 21.3. The number of benzene rings is 1. The van der Waals surface area contributed by atoms with Gasteiger partial charge in [0.15, 0.2) is 4.96 Å². The van der Waals surface area contributed by atoms with E-state index in [2.05, 4.69) is 20.6 Å². The zero-order chi connectivity index (χ0) is 19.3. The predicted molar refractivity (Wildman–Crippen MR) is 107 cm³/mol. The SMILES string of the molecule is CNC(=O)c1cc2sc3nc(-c4ccc(C5CCCN5)cc4F)cn3c2cn1. The minimum Gasteiger partial charge on any atom is -0.354 e. The van der Waals surface area contributed by atoms with Crippen molar-refractivity contribution in [1.29, 1.82) is 0 Å². The van der Waals surface area contributed by atoms with Crippen LogP contribution in [0.2, 0.25) is 0 Å². The standard InChI is InChI=1S/C20H18FN5OS/c1-22-19(27)15-8-18-17(9-24-15)26-10-16(25-20(26)28-18)12-5-4-11(7-13(12)21)14-3-2-6-23-14/h4-5,7-10,14,23H,2-3,6H2,1H3,(H,22,27). The molecule has 28 heavy (non-hydrogen) atoms. The summed E-state index contributed by atoms with van der Waals surface area (Å²) in [5, 5.41) is 5.96. The fourth-order valence-electron chi connectivity index (χ4n) is 3.71. The monoisotopic (exact) mass is 395 g/mol. The van der Waals surface area contributed by atoms with E-state index in [0.717, 1.165) is 40.1 Å². The molecule has 5 rings (SSSR count). The molecule has 1 aliphatic rings. The van der Waals surface area contributed by atoms with Crippen molar-refractivity contribution in [3.8, 4) is 11.3 Å². The Kier molecular flexibility index (Phi) is 4.10. The molecular formula is C20H18FN5OS. The van der Waals surface area contributed by atoms with E-state index < -0.39 is 0 Å². The van der Waals surface area contributed by atoms with Gasteiger partial charge >= 0.3 is 0 Å². The second kappa shape index (κ2) is 6.65. The lowest BCUT2D eigenvalue weighted by Gasteiger charge is -2.11. The van der Waals surface area contributed by atoms with Gasteiger partial charge in [-0.05, 0) is 43.1 Å². The number of halogens is 1. The number of carbonyl (C=O) groups excluding carboxylic acids is 1. The molecule has 0 aliphatic carbocycles. The van der Waals surface area contributed by atoms with E-state index in [1.807, 2.05) is 16.7 Å². The van der Waals surface area contributed by atoms with Crippen molar-refractivity contribution in [1.82, 2.24) is 25.0 Å². The number of pyridine rings is 1. The molecule has 1 fully saturated rings. The molecule has 4 aromatic rings. The number of thiazole rings is 1. The van der Waals surface area contributed by atoms with Gasteiger partial charge in [-0.1, -0.05) is 17.4 Å². The number of imidazole rings is 1. The van der Waals surface area contributed by atoms with Crippen LogP contribution in [0.15, 0.2) is 36.7 Å². The molecule has 1 saturated heterocycles. The molecule has 1 aliphatic heterocycles. The molecule has 0 spiro atoms. The largest absolute Gasteiger partial charge is 0.354 e. The second-order valence-electron chi connectivity index (χ2n) is 6.89. The number of carbonyl (C=O) groups is 1. The fourth-order valence-corrected chi connectivity index (χ4v) is 4.72. The van der Waals surface area contributed by atoms with Crippen molar-refractivity contribution in [2.24, 2.45) is 0 Å². The first-order chi connectivity index (χ1) is 13.6. The first-order valence-electron chi connectivity index (χ1n) is 9.17. The topological polar surface area (TPSA) is 71.3 Å². The van der Waals surface area contributed by atoms with Crippen LogP contribution in [0.3, 0.4) is 0 Å². The number of hydrogen-bond donors (Lipinski definition) is 2. The Morgan fingerprint density at radius 1 is 1.39 bits per heavy atom. The number of rotatable bonds is 3. The molecule has 8 heteroatoms.